The van der Waals surface area contributed by atoms with E-state index in [1.54, 1.807) is 23.4 Å². The number of ether oxygens (including phenoxy) is 1. The van der Waals surface area contributed by atoms with E-state index in [-0.39, 0.29) is 16.9 Å². The van der Waals surface area contributed by atoms with Crippen LogP contribution in [0.15, 0.2) is 94.9 Å². The third-order valence-electron chi connectivity index (χ3n) is 5.05. The fourth-order valence-corrected chi connectivity index (χ4v) is 4.93. The largest absolute Gasteiger partial charge is 0.383 e. The van der Waals surface area contributed by atoms with E-state index in [1.807, 2.05) is 67.6 Å². The summed E-state index contributed by atoms with van der Waals surface area (Å²) >= 11 is 1.60. The molecule has 0 bridgehead atoms. The Kier molecular flexibility index (Phi) is 6.31. The van der Waals surface area contributed by atoms with Crippen molar-refractivity contribution < 1.29 is 4.74 Å². The molecule has 0 spiro atoms. The Hall–Kier alpha value is -2.89. The fraction of sp³-hybridized carbons (Fsp3) is 0.200. The third kappa shape index (κ3) is 4.18. The van der Waals surface area contributed by atoms with Gasteiger partial charge in [0.15, 0.2) is 5.16 Å². The van der Waals surface area contributed by atoms with E-state index in [2.05, 4.69) is 24.3 Å². The van der Waals surface area contributed by atoms with Gasteiger partial charge in [-0.3, -0.25) is 9.36 Å². The lowest BCUT2D eigenvalue weighted by Crippen LogP contribution is -2.28. The lowest BCUT2D eigenvalue weighted by molar-refractivity contribution is 0.156. The van der Waals surface area contributed by atoms with Crippen LogP contribution in [0.1, 0.15) is 29.3 Å². The molecule has 0 unspecified atom stereocenters. The van der Waals surface area contributed by atoms with Crippen LogP contribution in [0.25, 0.3) is 10.9 Å². The van der Waals surface area contributed by atoms with Gasteiger partial charge in [0.2, 0.25) is 0 Å². The molecule has 0 aliphatic carbocycles. The summed E-state index contributed by atoms with van der Waals surface area (Å²) in [5.74, 6) is 0. The van der Waals surface area contributed by atoms with Gasteiger partial charge in [0.25, 0.3) is 5.56 Å². The van der Waals surface area contributed by atoms with Gasteiger partial charge in [-0.15, -0.1) is 0 Å². The number of hydrogen-bond donors (Lipinski definition) is 0. The second kappa shape index (κ2) is 9.28. The molecule has 4 aromatic rings. The van der Waals surface area contributed by atoms with Gasteiger partial charge >= 0.3 is 0 Å². The molecular formula is C25H24N2O2S. The van der Waals surface area contributed by atoms with Gasteiger partial charge in [0.1, 0.15) is 0 Å². The first kappa shape index (κ1) is 20.4. The highest BCUT2D eigenvalue weighted by Gasteiger charge is 2.22. The van der Waals surface area contributed by atoms with E-state index in [1.165, 1.54) is 11.1 Å². The Morgan fingerprint density at radius 2 is 1.47 bits per heavy atom. The zero-order chi connectivity index (χ0) is 20.9. The summed E-state index contributed by atoms with van der Waals surface area (Å²) in [4.78, 5) is 18.3. The van der Waals surface area contributed by atoms with Crippen LogP contribution in [0, 0.1) is 0 Å². The van der Waals surface area contributed by atoms with Crippen LogP contribution < -0.4 is 5.56 Å². The molecule has 0 aliphatic rings. The number of aromatic nitrogens is 2. The Balaban J connectivity index is 1.88. The zero-order valence-electron chi connectivity index (χ0n) is 17.1. The van der Waals surface area contributed by atoms with Crippen LogP contribution in [0.2, 0.25) is 0 Å². The summed E-state index contributed by atoms with van der Waals surface area (Å²) in [6.45, 7) is 2.43. The van der Waals surface area contributed by atoms with Crippen LogP contribution >= 0.6 is 11.8 Å². The van der Waals surface area contributed by atoms with Crippen molar-refractivity contribution >= 4 is 22.7 Å². The summed E-state index contributed by atoms with van der Waals surface area (Å²) in [5.41, 5.74) is 3.02. The average molecular weight is 417 g/mol. The molecule has 0 N–H and O–H groups in total. The fourth-order valence-electron chi connectivity index (χ4n) is 3.60. The average Bonchev–Trinajstić information content (AvgIpc) is 2.79. The highest BCUT2D eigenvalue weighted by molar-refractivity contribution is 7.99. The monoisotopic (exact) mass is 416 g/mol. The van der Waals surface area contributed by atoms with Crippen molar-refractivity contribution in [2.24, 2.45) is 0 Å². The Morgan fingerprint density at radius 1 is 0.900 bits per heavy atom. The standard InChI is InChI=1S/C25H24N2O2S/c1-18(17-29-2)27-24(28)21-15-9-10-16-22(21)26-25(27)30-23(19-11-5-3-6-12-19)20-13-7-4-8-14-20/h3-16,18,23H,17H2,1-2H3/t18-/m1/s1. The van der Waals surface area contributed by atoms with Gasteiger partial charge < -0.3 is 4.74 Å². The summed E-state index contributed by atoms with van der Waals surface area (Å²) in [6, 6.07) is 28.1. The van der Waals surface area contributed by atoms with Crippen molar-refractivity contribution in [2.75, 3.05) is 13.7 Å². The SMILES string of the molecule is COC[C@@H](C)n1c(SC(c2ccccc2)c2ccccc2)nc2ccccc2c1=O. The van der Waals surface area contributed by atoms with Crippen LogP contribution in [0.5, 0.6) is 0 Å². The van der Waals surface area contributed by atoms with Gasteiger partial charge in [0, 0.05) is 7.11 Å². The van der Waals surface area contributed by atoms with E-state index in [0.29, 0.717) is 22.7 Å². The number of rotatable bonds is 7. The van der Waals surface area contributed by atoms with E-state index in [0.717, 1.165) is 0 Å². The van der Waals surface area contributed by atoms with Crippen molar-refractivity contribution in [3.8, 4) is 0 Å². The minimum Gasteiger partial charge on any atom is -0.383 e. The smallest absolute Gasteiger partial charge is 0.262 e. The molecular weight excluding hydrogens is 392 g/mol. The zero-order valence-corrected chi connectivity index (χ0v) is 17.9. The maximum atomic E-state index is 13.4. The summed E-state index contributed by atoms with van der Waals surface area (Å²) in [6.07, 6.45) is 0. The quantitative estimate of drug-likeness (QED) is 0.295. The topological polar surface area (TPSA) is 44.1 Å². The molecule has 4 nitrogen and oxygen atoms in total. The van der Waals surface area contributed by atoms with Crippen molar-refractivity contribution in [1.29, 1.82) is 0 Å². The maximum Gasteiger partial charge on any atom is 0.262 e. The van der Waals surface area contributed by atoms with Crippen molar-refractivity contribution in [3.05, 3.63) is 106 Å². The number of hydrogen-bond acceptors (Lipinski definition) is 4. The molecule has 4 rings (SSSR count). The molecule has 30 heavy (non-hydrogen) atoms. The Morgan fingerprint density at radius 3 is 2.07 bits per heavy atom. The molecule has 0 amide bonds. The molecule has 0 radical (unpaired) electrons. The van der Waals surface area contributed by atoms with Crippen LogP contribution in [-0.4, -0.2) is 23.3 Å². The first-order valence-electron chi connectivity index (χ1n) is 9.96. The highest BCUT2D eigenvalue weighted by atomic mass is 32.2. The summed E-state index contributed by atoms with van der Waals surface area (Å²) in [5, 5.41) is 1.34. The van der Waals surface area contributed by atoms with E-state index in [9.17, 15) is 4.79 Å². The van der Waals surface area contributed by atoms with Crippen molar-refractivity contribution in [2.45, 2.75) is 23.4 Å². The second-order valence-electron chi connectivity index (χ2n) is 7.21. The van der Waals surface area contributed by atoms with E-state index < -0.39 is 0 Å². The normalized spacial score (nSPS) is 12.4. The molecule has 0 aliphatic heterocycles. The lowest BCUT2D eigenvalue weighted by atomic mass is 10.0. The second-order valence-corrected chi connectivity index (χ2v) is 8.28. The minimum atomic E-state index is -0.130. The number of benzene rings is 3. The molecule has 1 aromatic heterocycles. The number of para-hydroxylation sites is 1. The van der Waals surface area contributed by atoms with Crippen LogP contribution in [-0.2, 0) is 4.74 Å². The third-order valence-corrected chi connectivity index (χ3v) is 6.33. The predicted octanol–water partition coefficient (Wildman–Crippen LogP) is 5.49. The van der Waals surface area contributed by atoms with Gasteiger partial charge in [0.05, 0.1) is 28.8 Å². The lowest BCUT2D eigenvalue weighted by Gasteiger charge is -2.23. The van der Waals surface area contributed by atoms with E-state index >= 15 is 0 Å². The maximum absolute atomic E-state index is 13.4. The molecule has 0 fully saturated rings. The molecule has 3 aromatic carbocycles. The molecule has 5 heteroatoms. The molecule has 0 saturated heterocycles. The van der Waals surface area contributed by atoms with Gasteiger partial charge in [-0.2, -0.15) is 0 Å². The Bertz CT molecular complexity index is 1140. The first-order valence-corrected chi connectivity index (χ1v) is 10.8. The van der Waals surface area contributed by atoms with Gasteiger partial charge in [-0.05, 0) is 30.2 Å². The molecule has 1 atom stereocenters. The molecule has 0 saturated carbocycles. The molecule has 152 valence electrons. The van der Waals surface area contributed by atoms with Crippen molar-refractivity contribution in [3.63, 3.8) is 0 Å². The van der Waals surface area contributed by atoms with Gasteiger partial charge in [-0.25, -0.2) is 4.98 Å². The molecule has 1 heterocycles. The van der Waals surface area contributed by atoms with E-state index in [4.69, 9.17) is 9.72 Å². The Labute approximate surface area is 180 Å². The predicted molar refractivity (Wildman–Crippen MR) is 123 cm³/mol. The summed E-state index contributed by atoms with van der Waals surface area (Å²) < 4.78 is 7.13. The van der Waals surface area contributed by atoms with Gasteiger partial charge in [-0.1, -0.05) is 84.6 Å². The van der Waals surface area contributed by atoms with Crippen LogP contribution in [0.3, 0.4) is 0 Å². The number of methoxy groups -OCH3 is 1. The minimum absolute atomic E-state index is 0.0152. The first-order chi connectivity index (χ1) is 14.7. The highest BCUT2D eigenvalue weighted by Crippen LogP contribution is 2.40. The summed E-state index contributed by atoms with van der Waals surface area (Å²) in [7, 11) is 1.65. The van der Waals surface area contributed by atoms with Crippen LogP contribution in [0.4, 0.5) is 0 Å². The number of fused-ring (bicyclic) bond motifs is 1. The number of thioether (sulfide) groups is 1. The van der Waals surface area contributed by atoms with Crippen molar-refractivity contribution in [1.82, 2.24) is 9.55 Å². The number of nitrogens with zero attached hydrogens (tertiary/aromatic N) is 2.